The molecule has 154 valence electrons. The smallest absolute Gasteiger partial charge is 0.410 e. The lowest BCUT2D eigenvalue weighted by Crippen LogP contribution is -2.48. The van der Waals surface area contributed by atoms with Crippen LogP contribution in [0.25, 0.3) is 0 Å². The average molecular weight is 389 g/mol. The van der Waals surface area contributed by atoms with Crippen LogP contribution in [0.1, 0.15) is 44.7 Å². The van der Waals surface area contributed by atoms with Gasteiger partial charge in [-0.1, -0.05) is 24.3 Å². The van der Waals surface area contributed by atoms with Crippen molar-refractivity contribution >= 4 is 12.0 Å². The summed E-state index contributed by atoms with van der Waals surface area (Å²) in [6.07, 6.45) is 2.12. The number of hydrogen-bond donors (Lipinski definition) is 0. The summed E-state index contributed by atoms with van der Waals surface area (Å²) in [7, 11) is 1.83. The molecule has 1 aromatic carbocycles. The number of carbonyl (C=O) groups is 2. The molecule has 0 radical (unpaired) electrons. The maximum atomic E-state index is 13.0. The second-order valence-electron chi connectivity index (χ2n) is 8.89. The molecule has 0 aromatic heterocycles. The third-order valence-electron chi connectivity index (χ3n) is 5.32. The lowest BCUT2D eigenvalue weighted by atomic mass is 9.96. The zero-order valence-corrected chi connectivity index (χ0v) is 17.4. The molecule has 2 amide bonds. The number of piperidine rings is 1. The Kier molecular flexibility index (Phi) is 6.28. The van der Waals surface area contributed by atoms with Crippen molar-refractivity contribution in [3.63, 3.8) is 0 Å². The van der Waals surface area contributed by atoms with Crippen molar-refractivity contribution in [2.45, 2.75) is 58.3 Å². The normalized spacial score (nSPS) is 22.4. The molecule has 2 unspecified atom stereocenters. The molecular formula is C22H32N2O4. The Morgan fingerprint density at radius 1 is 1.25 bits per heavy atom. The molecule has 0 aliphatic carbocycles. The number of benzene rings is 1. The first kappa shape index (κ1) is 20.6. The van der Waals surface area contributed by atoms with Gasteiger partial charge < -0.3 is 19.3 Å². The van der Waals surface area contributed by atoms with Gasteiger partial charge >= 0.3 is 6.09 Å². The molecule has 1 saturated heterocycles. The highest BCUT2D eigenvalue weighted by molar-refractivity contribution is 5.80. The van der Waals surface area contributed by atoms with Gasteiger partial charge in [0.2, 0.25) is 5.91 Å². The number of nitrogens with zero attached hydrogens (tertiary/aromatic N) is 2. The molecule has 2 heterocycles. The Balaban J connectivity index is 1.54. The van der Waals surface area contributed by atoms with Gasteiger partial charge in [0.1, 0.15) is 5.60 Å². The summed E-state index contributed by atoms with van der Waals surface area (Å²) in [4.78, 5) is 28.7. The van der Waals surface area contributed by atoms with Gasteiger partial charge in [-0.15, -0.1) is 0 Å². The Morgan fingerprint density at radius 2 is 1.96 bits per heavy atom. The zero-order valence-electron chi connectivity index (χ0n) is 17.4. The van der Waals surface area contributed by atoms with Gasteiger partial charge in [-0.3, -0.25) is 4.79 Å². The minimum absolute atomic E-state index is 0.00870. The number of ether oxygens (including phenoxy) is 2. The van der Waals surface area contributed by atoms with E-state index < -0.39 is 5.60 Å². The first-order valence-corrected chi connectivity index (χ1v) is 10.1. The lowest BCUT2D eigenvalue weighted by molar-refractivity contribution is -0.138. The molecule has 1 aromatic rings. The van der Waals surface area contributed by atoms with E-state index in [9.17, 15) is 9.59 Å². The van der Waals surface area contributed by atoms with E-state index in [4.69, 9.17) is 9.47 Å². The molecule has 6 heteroatoms. The number of amides is 2. The van der Waals surface area contributed by atoms with Crippen LogP contribution < -0.4 is 0 Å². The van der Waals surface area contributed by atoms with Gasteiger partial charge in [-0.2, -0.15) is 0 Å². The van der Waals surface area contributed by atoms with E-state index in [-0.39, 0.29) is 24.0 Å². The highest BCUT2D eigenvalue weighted by atomic mass is 16.6. The predicted octanol–water partition coefficient (Wildman–Crippen LogP) is 3.23. The van der Waals surface area contributed by atoms with Crippen molar-refractivity contribution < 1.29 is 19.1 Å². The van der Waals surface area contributed by atoms with Crippen LogP contribution >= 0.6 is 0 Å². The minimum Gasteiger partial charge on any atom is -0.444 e. The first-order valence-electron chi connectivity index (χ1n) is 10.1. The van der Waals surface area contributed by atoms with Crippen molar-refractivity contribution in [1.82, 2.24) is 9.80 Å². The number of hydrogen-bond acceptors (Lipinski definition) is 4. The molecule has 2 aliphatic rings. The van der Waals surface area contributed by atoms with E-state index in [1.165, 1.54) is 11.1 Å². The first-order chi connectivity index (χ1) is 13.2. The fourth-order valence-corrected chi connectivity index (χ4v) is 3.90. The Hall–Kier alpha value is -2.08. The summed E-state index contributed by atoms with van der Waals surface area (Å²) in [5.74, 6) is -0.0992. The maximum absolute atomic E-state index is 13.0. The van der Waals surface area contributed by atoms with E-state index in [2.05, 4.69) is 12.1 Å². The fraction of sp³-hybridized carbons (Fsp3) is 0.636. The Labute approximate surface area is 167 Å². The van der Waals surface area contributed by atoms with Crippen LogP contribution in [0.4, 0.5) is 4.79 Å². The highest BCUT2D eigenvalue weighted by Gasteiger charge is 2.33. The predicted molar refractivity (Wildman–Crippen MR) is 107 cm³/mol. The van der Waals surface area contributed by atoms with E-state index in [1.807, 2.05) is 40.0 Å². The Morgan fingerprint density at radius 3 is 2.68 bits per heavy atom. The van der Waals surface area contributed by atoms with Crippen LogP contribution in [0.3, 0.4) is 0 Å². The van der Waals surface area contributed by atoms with Gasteiger partial charge in [-0.25, -0.2) is 4.79 Å². The topological polar surface area (TPSA) is 59.1 Å². The number of rotatable bonds is 3. The minimum atomic E-state index is -0.528. The lowest BCUT2D eigenvalue weighted by Gasteiger charge is -2.36. The van der Waals surface area contributed by atoms with Gasteiger partial charge in [0, 0.05) is 33.1 Å². The molecular weight excluding hydrogens is 356 g/mol. The molecule has 2 aliphatic heterocycles. The average Bonchev–Trinajstić information content (AvgIpc) is 2.66. The van der Waals surface area contributed by atoms with Crippen LogP contribution in [-0.2, 0) is 27.3 Å². The van der Waals surface area contributed by atoms with E-state index >= 15 is 0 Å². The fourth-order valence-electron chi connectivity index (χ4n) is 3.90. The van der Waals surface area contributed by atoms with Crippen molar-refractivity contribution in [2.24, 2.45) is 5.92 Å². The largest absolute Gasteiger partial charge is 0.444 e. The summed E-state index contributed by atoms with van der Waals surface area (Å²) >= 11 is 0. The highest BCUT2D eigenvalue weighted by Crippen LogP contribution is 2.23. The van der Waals surface area contributed by atoms with Gasteiger partial charge in [0.05, 0.1) is 18.6 Å². The quantitative estimate of drug-likeness (QED) is 0.798. The van der Waals surface area contributed by atoms with Gasteiger partial charge in [-0.05, 0) is 44.7 Å². The molecule has 0 spiro atoms. The molecule has 0 bridgehead atoms. The second-order valence-corrected chi connectivity index (χ2v) is 8.89. The van der Waals surface area contributed by atoms with E-state index in [0.717, 1.165) is 19.3 Å². The molecule has 6 nitrogen and oxygen atoms in total. The van der Waals surface area contributed by atoms with Crippen LogP contribution in [-0.4, -0.2) is 60.2 Å². The van der Waals surface area contributed by atoms with Crippen LogP contribution in [0.2, 0.25) is 0 Å². The van der Waals surface area contributed by atoms with Crippen molar-refractivity contribution in [1.29, 1.82) is 0 Å². The number of likely N-dealkylation sites (tertiary alicyclic amines) is 1. The summed E-state index contributed by atoms with van der Waals surface area (Å²) in [6, 6.07) is 8.29. The maximum Gasteiger partial charge on any atom is 0.410 e. The molecule has 0 saturated carbocycles. The summed E-state index contributed by atoms with van der Waals surface area (Å²) in [5, 5.41) is 0. The zero-order chi connectivity index (χ0) is 20.3. The summed E-state index contributed by atoms with van der Waals surface area (Å²) in [5.41, 5.74) is 2.00. The van der Waals surface area contributed by atoms with Gasteiger partial charge in [0.15, 0.2) is 0 Å². The van der Waals surface area contributed by atoms with Crippen LogP contribution in [0.15, 0.2) is 24.3 Å². The van der Waals surface area contributed by atoms with Gasteiger partial charge in [0.25, 0.3) is 0 Å². The molecule has 2 atom stereocenters. The third-order valence-corrected chi connectivity index (χ3v) is 5.32. The van der Waals surface area contributed by atoms with Crippen molar-refractivity contribution in [3.8, 4) is 0 Å². The molecule has 1 fully saturated rings. The van der Waals surface area contributed by atoms with Crippen molar-refractivity contribution in [2.75, 3.05) is 26.7 Å². The molecule has 0 N–H and O–H groups in total. The van der Waals surface area contributed by atoms with E-state index in [0.29, 0.717) is 26.2 Å². The third kappa shape index (κ3) is 5.25. The SMILES string of the molecule is CN(CC1Cc2ccccc2CO1)C(=O)C1CCCN(C(=O)OC(C)(C)C)C1. The van der Waals surface area contributed by atoms with E-state index in [1.54, 1.807) is 9.80 Å². The molecule has 3 rings (SSSR count). The molecule has 28 heavy (non-hydrogen) atoms. The summed E-state index contributed by atoms with van der Waals surface area (Å²) in [6.45, 7) is 7.79. The summed E-state index contributed by atoms with van der Waals surface area (Å²) < 4.78 is 11.4. The second kappa shape index (κ2) is 8.52. The van der Waals surface area contributed by atoms with Crippen LogP contribution in [0, 0.1) is 5.92 Å². The number of likely N-dealkylation sites (N-methyl/N-ethyl adjacent to an activating group) is 1. The Bertz CT molecular complexity index is 713. The van der Waals surface area contributed by atoms with Crippen LogP contribution in [0.5, 0.6) is 0 Å². The number of carbonyl (C=O) groups excluding carboxylic acids is 2. The number of fused-ring (bicyclic) bond motifs is 1. The monoisotopic (exact) mass is 388 g/mol. The standard InChI is InChI=1S/C22H32N2O4/c1-22(2,3)28-21(26)24-11-7-10-17(13-24)20(25)23(4)14-19-12-16-8-5-6-9-18(16)15-27-19/h5-6,8-9,17,19H,7,10-15H2,1-4H3. The van der Waals surface area contributed by atoms with Crippen molar-refractivity contribution in [3.05, 3.63) is 35.4 Å².